The zero-order chi connectivity index (χ0) is 11.3. The van der Waals surface area contributed by atoms with Crippen molar-refractivity contribution >= 4 is 0 Å². The first-order chi connectivity index (χ1) is 7.21. The van der Waals surface area contributed by atoms with Gasteiger partial charge in [-0.3, -0.25) is 0 Å². The molecule has 0 bridgehead atoms. The van der Waals surface area contributed by atoms with Crippen molar-refractivity contribution < 1.29 is 9.47 Å². The first-order valence-electron chi connectivity index (χ1n) is 4.96. The Kier molecular flexibility index (Phi) is 3.99. The lowest BCUT2D eigenvalue weighted by molar-refractivity contribution is 0.216. The molecule has 3 heteroatoms. The van der Waals surface area contributed by atoms with Crippen LogP contribution in [0.15, 0.2) is 18.2 Å². The summed E-state index contributed by atoms with van der Waals surface area (Å²) in [4.78, 5) is 0. The van der Waals surface area contributed by atoms with Crippen LogP contribution < -0.4 is 9.47 Å². The van der Waals surface area contributed by atoms with Crippen molar-refractivity contribution in [3.8, 4) is 17.6 Å². The molecule has 1 aromatic rings. The van der Waals surface area contributed by atoms with E-state index in [4.69, 9.17) is 14.7 Å². The highest BCUT2D eigenvalue weighted by Gasteiger charge is 2.08. The van der Waals surface area contributed by atoms with Crippen LogP contribution in [0, 0.1) is 11.3 Å². The molecule has 1 unspecified atom stereocenters. The summed E-state index contributed by atoms with van der Waals surface area (Å²) in [6.07, 6.45) is 1.01. The fourth-order valence-electron chi connectivity index (χ4n) is 1.12. The van der Waals surface area contributed by atoms with E-state index in [-0.39, 0.29) is 6.10 Å². The minimum atomic E-state index is 0.101. The van der Waals surface area contributed by atoms with Crippen LogP contribution in [-0.2, 0) is 0 Å². The number of methoxy groups -OCH3 is 1. The Balaban J connectivity index is 2.97. The van der Waals surface area contributed by atoms with E-state index in [1.807, 2.05) is 13.8 Å². The molecule has 0 saturated carbocycles. The van der Waals surface area contributed by atoms with Crippen molar-refractivity contribution in [3.05, 3.63) is 23.8 Å². The Morgan fingerprint density at radius 3 is 2.73 bits per heavy atom. The minimum absolute atomic E-state index is 0.101. The van der Waals surface area contributed by atoms with Gasteiger partial charge in [-0.25, -0.2) is 0 Å². The van der Waals surface area contributed by atoms with Gasteiger partial charge in [0, 0.05) is 6.07 Å². The molecule has 0 heterocycles. The number of nitriles is 1. The molecular weight excluding hydrogens is 190 g/mol. The second kappa shape index (κ2) is 5.26. The van der Waals surface area contributed by atoms with Gasteiger partial charge < -0.3 is 9.47 Å². The fourth-order valence-corrected chi connectivity index (χ4v) is 1.12. The van der Waals surface area contributed by atoms with E-state index in [1.165, 1.54) is 0 Å². The molecule has 0 aliphatic heterocycles. The predicted molar refractivity (Wildman–Crippen MR) is 58.1 cm³/mol. The molecule has 1 rings (SSSR count). The summed E-state index contributed by atoms with van der Waals surface area (Å²) in [5.41, 5.74) is 0.538. The van der Waals surface area contributed by atoms with Gasteiger partial charge in [-0.05, 0) is 25.5 Å². The Morgan fingerprint density at radius 1 is 1.47 bits per heavy atom. The molecule has 15 heavy (non-hydrogen) atoms. The van der Waals surface area contributed by atoms with Gasteiger partial charge in [-0.2, -0.15) is 5.26 Å². The number of ether oxygens (including phenoxy) is 2. The second-order valence-electron chi connectivity index (χ2n) is 3.31. The van der Waals surface area contributed by atoms with Gasteiger partial charge in [0.15, 0.2) is 0 Å². The molecule has 0 spiro atoms. The molecule has 0 saturated heterocycles. The average Bonchev–Trinajstić information content (AvgIpc) is 2.28. The number of rotatable bonds is 4. The predicted octanol–water partition coefficient (Wildman–Crippen LogP) is 2.74. The van der Waals surface area contributed by atoms with Crippen molar-refractivity contribution in [2.24, 2.45) is 0 Å². The number of nitrogens with zero attached hydrogens (tertiary/aromatic N) is 1. The van der Waals surface area contributed by atoms with Crippen molar-refractivity contribution in [2.45, 2.75) is 26.4 Å². The third-order valence-electron chi connectivity index (χ3n) is 2.21. The Bertz CT molecular complexity index is 368. The maximum Gasteiger partial charge on any atom is 0.141 e. The molecule has 1 atom stereocenters. The van der Waals surface area contributed by atoms with Crippen molar-refractivity contribution in [1.29, 1.82) is 5.26 Å². The van der Waals surface area contributed by atoms with E-state index >= 15 is 0 Å². The molecule has 0 amide bonds. The summed E-state index contributed by atoms with van der Waals surface area (Å²) in [5, 5.41) is 8.90. The van der Waals surface area contributed by atoms with Crippen LogP contribution in [0.3, 0.4) is 0 Å². The average molecular weight is 205 g/mol. The normalized spacial score (nSPS) is 11.6. The van der Waals surface area contributed by atoms with Crippen LogP contribution in [0.25, 0.3) is 0 Å². The number of benzene rings is 1. The van der Waals surface area contributed by atoms with E-state index in [2.05, 4.69) is 6.07 Å². The third-order valence-corrected chi connectivity index (χ3v) is 2.21. The highest BCUT2D eigenvalue weighted by molar-refractivity contribution is 5.47. The third kappa shape index (κ3) is 2.88. The number of hydrogen-bond donors (Lipinski definition) is 0. The highest BCUT2D eigenvalue weighted by atomic mass is 16.5. The summed E-state index contributed by atoms with van der Waals surface area (Å²) in [6.45, 7) is 4.01. The maximum atomic E-state index is 8.90. The molecule has 0 aliphatic carbocycles. The molecule has 0 radical (unpaired) electrons. The lowest BCUT2D eigenvalue weighted by atomic mass is 10.2. The smallest absolute Gasteiger partial charge is 0.141 e. The molecule has 0 aliphatic rings. The molecular formula is C12H15NO2. The van der Waals surface area contributed by atoms with Gasteiger partial charge >= 0.3 is 0 Å². The summed E-state index contributed by atoms with van der Waals surface area (Å²) in [5.74, 6) is 1.29. The monoisotopic (exact) mass is 205 g/mol. The Labute approximate surface area is 90.2 Å². The molecule has 0 fully saturated rings. The maximum absolute atomic E-state index is 8.90. The van der Waals surface area contributed by atoms with Gasteiger partial charge in [0.2, 0.25) is 0 Å². The van der Waals surface area contributed by atoms with E-state index in [0.717, 1.165) is 6.42 Å². The molecule has 80 valence electrons. The van der Waals surface area contributed by atoms with E-state index in [0.29, 0.717) is 17.1 Å². The van der Waals surface area contributed by atoms with Crippen LogP contribution in [-0.4, -0.2) is 13.2 Å². The topological polar surface area (TPSA) is 42.2 Å². The first-order valence-corrected chi connectivity index (χ1v) is 4.96. The van der Waals surface area contributed by atoms with Crippen LogP contribution >= 0.6 is 0 Å². The minimum Gasteiger partial charge on any atom is -0.497 e. The molecule has 0 N–H and O–H groups in total. The van der Waals surface area contributed by atoms with Gasteiger partial charge in [-0.1, -0.05) is 6.92 Å². The van der Waals surface area contributed by atoms with Gasteiger partial charge in [0.1, 0.15) is 17.6 Å². The van der Waals surface area contributed by atoms with E-state index in [9.17, 15) is 0 Å². The largest absolute Gasteiger partial charge is 0.497 e. The first kappa shape index (κ1) is 11.4. The van der Waals surface area contributed by atoms with Crippen LogP contribution in [0.1, 0.15) is 25.8 Å². The SMILES string of the molecule is CCC(C)Oc1cc(OC)ccc1C#N. The fraction of sp³-hybridized carbons (Fsp3) is 0.417. The molecule has 1 aromatic carbocycles. The van der Waals surface area contributed by atoms with E-state index in [1.54, 1.807) is 25.3 Å². The van der Waals surface area contributed by atoms with E-state index < -0.39 is 0 Å². The summed E-state index contributed by atoms with van der Waals surface area (Å²) in [7, 11) is 1.59. The summed E-state index contributed by atoms with van der Waals surface area (Å²) < 4.78 is 10.7. The summed E-state index contributed by atoms with van der Waals surface area (Å²) in [6, 6.07) is 7.29. The molecule has 0 aromatic heterocycles. The van der Waals surface area contributed by atoms with Gasteiger partial charge in [0.05, 0.1) is 18.8 Å². The highest BCUT2D eigenvalue weighted by Crippen LogP contribution is 2.25. The Morgan fingerprint density at radius 2 is 2.20 bits per heavy atom. The molecule has 3 nitrogen and oxygen atoms in total. The quantitative estimate of drug-likeness (QED) is 0.759. The standard InChI is InChI=1S/C12H15NO2/c1-4-9(2)15-12-7-11(14-3)6-5-10(12)8-13/h5-7,9H,4H2,1-3H3. The van der Waals surface area contributed by atoms with Crippen LogP contribution in [0.2, 0.25) is 0 Å². The Hall–Kier alpha value is -1.69. The summed E-state index contributed by atoms with van der Waals surface area (Å²) >= 11 is 0. The van der Waals surface area contributed by atoms with Crippen LogP contribution in [0.4, 0.5) is 0 Å². The second-order valence-corrected chi connectivity index (χ2v) is 3.31. The van der Waals surface area contributed by atoms with Gasteiger partial charge in [-0.15, -0.1) is 0 Å². The zero-order valence-corrected chi connectivity index (χ0v) is 9.28. The van der Waals surface area contributed by atoms with Crippen molar-refractivity contribution in [2.75, 3.05) is 7.11 Å². The van der Waals surface area contributed by atoms with Gasteiger partial charge in [0.25, 0.3) is 0 Å². The number of hydrogen-bond acceptors (Lipinski definition) is 3. The zero-order valence-electron chi connectivity index (χ0n) is 9.28. The lowest BCUT2D eigenvalue weighted by Gasteiger charge is -2.14. The lowest BCUT2D eigenvalue weighted by Crippen LogP contribution is -2.10. The van der Waals surface area contributed by atoms with Crippen molar-refractivity contribution in [1.82, 2.24) is 0 Å². The van der Waals surface area contributed by atoms with Crippen molar-refractivity contribution in [3.63, 3.8) is 0 Å². The van der Waals surface area contributed by atoms with Crippen LogP contribution in [0.5, 0.6) is 11.5 Å².